The number of halogens is 1. The monoisotopic (exact) mass is 382 g/mol. The summed E-state index contributed by atoms with van der Waals surface area (Å²) in [6.07, 6.45) is 0. The van der Waals surface area contributed by atoms with Crippen molar-refractivity contribution in [2.24, 2.45) is 0 Å². The normalized spacial score (nSPS) is 14.2. The Kier molecular flexibility index (Phi) is 4.92. The summed E-state index contributed by atoms with van der Waals surface area (Å²) in [6.45, 7) is 2.32. The number of aromatic nitrogens is 2. The molecule has 7 nitrogen and oxygen atoms in total. The number of hydrogen-bond donors (Lipinski definition) is 0. The Morgan fingerprint density at radius 2 is 1.75 bits per heavy atom. The first-order valence-electron chi connectivity index (χ1n) is 8.93. The molecule has 0 atom stereocenters. The van der Waals surface area contributed by atoms with Gasteiger partial charge in [-0.25, -0.2) is 4.39 Å². The molecule has 1 amide bonds. The first-order valence-corrected chi connectivity index (χ1v) is 8.93. The molecule has 0 aliphatic carbocycles. The number of rotatable bonds is 4. The van der Waals surface area contributed by atoms with E-state index in [1.54, 1.807) is 24.1 Å². The van der Waals surface area contributed by atoms with Crippen LogP contribution in [0.2, 0.25) is 0 Å². The lowest BCUT2D eigenvalue weighted by molar-refractivity contribution is 0.0707. The fourth-order valence-corrected chi connectivity index (χ4v) is 3.23. The molecule has 1 fully saturated rings. The number of carbonyl (C=O) groups excluding carboxylic acids is 1. The maximum absolute atomic E-state index is 13.9. The van der Waals surface area contributed by atoms with Gasteiger partial charge in [0.05, 0.1) is 18.4 Å². The molecule has 144 valence electrons. The first kappa shape index (κ1) is 18.0. The van der Waals surface area contributed by atoms with Crippen molar-refractivity contribution in [1.82, 2.24) is 15.1 Å². The van der Waals surface area contributed by atoms with E-state index in [9.17, 15) is 9.18 Å². The van der Waals surface area contributed by atoms with Crippen LogP contribution < -0.4 is 9.64 Å². The number of nitrogens with zero attached hydrogens (tertiary/aromatic N) is 4. The fourth-order valence-electron chi connectivity index (χ4n) is 3.23. The van der Waals surface area contributed by atoms with Crippen molar-refractivity contribution >= 4 is 11.6 Å². The van der Waals surface area contributed by atoms with Crippen LogP contribution in [0.15, 0.2) is 52.9 Å². The lowest BCUT2D eigenvalue weighted by Crippen LogP contribution is -2.49. The van der Waals surface area contributed by atoms with Gasteiger partial charge in [-0.05, 0) is 24.3 Å². The molecule has 2 heterocycles. The largest absolute Gasteiger partial charge is 0.495 e. The molecule has 4 rings (SSSR count). The smallest absolute Gasteiger partial charge is 0.311 e. The van der Waals surface area contributed by atoms with E-state index in [4.69, 9.17) is 9.15 Å². The summed E-state index contributed by atoms with van der Waals surface area (Å²) in [7, 11) is 1.64. The van der Waals surface area contributed by atoms with Gasteiger partial charge in [0.25, 0.3) is 5.89 Å². The van der Waals surface area contributed by atoms with Crippen LogP contribution in [0.5, 0.6) is 5.75 Å². The van der Waals surface area contributed by atoms with Gasteiger partial charge in [0, 0.05) is 26.2 Å². The van der Waals surface area contributed by atoms with E-state index >= 15 is 0 Å². The van der Waals surface area contributed by atoms with Crippen molar-refractivity contribution in [2.45, 2.75) is 0 Å². The summed E-state index contributed by atoms with van der Waals surface area (Å²) in [5.74, 6) is -0.169. The minimum Gasteiger partial charge on any atom is -0.495 e. The molecule has 0 saturated carbocycles. The Bertz CT molecular complexity index is 983. The van der Waals surface area contributed by atoms with Crippen LogP contribution in [0.3, 0.4) is 0 Å². The molecule has 1 aliphatic rings. The maximum atomic E-state index is 13.9. The lowest BCUT2D eigenvalue weighted by Gasteiger charge is -2.36. The fraction of sp³-hybridized carbons (Fsp3) is 0.250. The number of hydrogen-bond acceptors (Lipinski definition) is 6. The number of methoxy groups -OCH3 is 1. The second-order valence-corrected chi connectivity index (χ2v) is 6.34. The maximum Gasteiger partial charge on any atom is 0.311 e. The lowest BCUT2D eigenvalue weighted by atomic mass is 10.2. The highest BCUT2D eigenvalue weighted by Crippen LogP contribution is 2.28. The van der Waals surface area contributed by atoms with E-state index in [1.165, 1.54) is 12.1 Å². The van der Waals surface area contributed by atoms with E-state index in [0.29, 0.717) is 26.2 Å². The van der Waals surface area contributed by atoms with Crippen LogP contribution in [0.1, 0.15) is 10.7 Å². The molecule has 0 radical (unpaired) electrons. The standard InChI is InChI=1S/C20H19FN4O3/c1-27-17-9-5-4-8-16(17)24-10-12-25(13-11-24)20(26)19-23-22-18(28-19)14-6-2-3-7-15(14)21/h2-9H,10-13H2,1H3. The van der Waals surface area contributed by atoms with Crippen LogP contribution in [-0.2, 0) is 0 Å². The van der Waals surface area contributed by atoms with Crippen molar-refractivity contribution in [3.05, 3.63) is 60.2 Å². The Balaban J connectivity index is 1.44. The average Bonchev–Trinajstić information content (AvgIpc) is 3.23. The Labute approximate surface area is 161 Å². The molecular formula is C20H19FN4O3. The van der Waals surface area contributed by atoms with Crippen LogP contribution in [0, 0.1) is 5.82 Å². The van der Waals surface area contributed by atoms with Crippen LogP contribution >= 0.6 is 0 Å². The van der Waals surface area contributed by atoms with Gasteiger partial charge < -0.3 is 19.0 Å². The van der Waals surface area contributed by atoms with Gasteiger partial charge in [-0.15, -0.1) is 10.2 Å². The van der Waals surface area contributed by atoms with E-state index in [1.807, 2.05) is 24.3 Å². The predicted octanol–water partition coefficient (Wildman–Crippen LogP) is 2.85. The zero-order chi connectivity index (χ0) is 19.5. The van der Waals surface area contributed by atoms with E-state index < -0.39 is 5.82 Å². The average molecular weight is 382 g/mol. The van der Waals surface area contributed by atoms with Crippen molar-refractivity contribution in [3.63, 3.8) is 0 Å². The minimum absolute atomic E-state index is 0.00546. The number of amides is 1. The molecule has 0 bridgehead atoms. The topological polar surface area (TPSA) is 71.7 Å². The van der Waals surface area contributed by atoms with Crippen molar-refractivity contribution in [2.75, 3.05) is 38.2 Å². The zero-order valence-corrected chi connectivity index (χ0v) is 15.3. The Hall–Kier alpha value is -3.42. The van der Waals surface area contributed by atoms with Crippen molar-refractivity contribution in [3.8, 4) is 17.2 Å². The van der Waals surface area contributed by atoms with Crippen LogP contribution in [-0.4, -0.2) is 54.3 Å². The number of ether oxygens (including phenoxy) is 1. The molecule has 0 unspecified atom stereocenters. The molecule has 1 aromatic heterocycles. The van der Waals surface area contributed by atoms with Crippen molar-refractivity contribution in [1.29, 1.82) is 0 Å². The first-order chi connectivity index (χ1) is 13.7. The summed E-state index contributed by atoms with van der Waals surface area (Å²) in [5, 5.41) is 7.62. The van der Waals surface area contributed by atoms with Crippen LogP contribution in [0.4, 0.5) is 10.1 Å². The quantitative estimate of drug-likeness (QED) is 0.691. The molecule has 1 aliphatic heterocycles. The van der Waals surface area contributed by atoms with Gasteiger partial charge >= 0.3 is 11.8 Å². The molecular weight excluding hydrogens is 363 g/mol. The third-order valence-corrected chi connectivity index (χ3v) is 4.70. The molecule has 2 aromatic carbocycles. The number of piperazine rings is 1. The summed E-state index contributed by atoms with van der Waals surface area (Å²) in [6, 6.07) is 13.9. The molecule has 28 heavy (non-hydrogen) atoms. The highest BCUT2D eigenvalue weighted by molar-refractivity contribution is 5.90. The second-order valence-electron chi connectivity index (χ2n) is 6.34. The van der Waals surface area contributed by atoms with Gasteiger partial charge in [0.2, 0.25) is 0 Å². The molecule has 0 N–H and O–H groups in total. The minimum atomic E-state index is -0.476. The summed E-state index contributed by atoms with van der Waals surface area (Å²) < 4.78 is 24.7. The summed E-state index contributed by atoms with van der Waals surface area (Å²) >= 11 is 0. The number of benzene rings is 2. The van der Waals surface area contributed by atoms with Crippen LogP contribution in [0.25, 0.3) is 11.5 Å². The van der Waals surface area contributed by atoms with Gasteiger partial charge in [-0.3, -0.25) is 4.79 Å². The number of anilines is 1. The second kappa shape index (κ2) is 7.67. The molecule has 0 spiro atoms. The number of para-hydroxylation sites is 2. The van der Waals surface area contributed by atoms with Crippen molar-refractivity contribution < 1.29 is 18.3 Å². The summed E-state index contributed by atoms with van der Waals surface area (Å²) in [4.78, 5) is 16.5. The third-order valence-electron chi connectivity index (χ3n) is 4.70. The van der Waals surface area contributed by atoms with E-state index in [-0.39, 0.29) is 23.3 Å². The number of carbonyl (C=O) groups is 1. The molecule has 1 saturated heterocycles. The van der Waals surface area contributed by atoms with E-state index in [2.05, 4.69) is 15.1 Å². The Morgan fingerprint density at radius 3 is 2.50 bits per heavy atom. The third kappa shape index (κ3) is 3.40. The SMILES string of the molecule is COc1ccccc1N1CCN(C(=O)c2nnc(-c3ccccc3F)o2)CC1. The summed E-state index contributed by atoms with van der Waals surface area (Å²) in [5.41, 5.74) is 1.17. The van der Waals surface area contributed by atoms with Gasteiger partial charge in [-0.1, -0.05) is 24.3 Å². The zero-order valence-electron chi connectivity index (χ0n) is 15.3. The highest BCUT2D eigenvalue weighted by atomic mass is 19.1. The Morgan fingerprint density at radius 1 is 1.04 bits per heavy atom. The van der Waals surface area contributed by atoms with E-state index in [0.717, 1.165) is 11.4 Å². The van der Waals surface area contributed by atoms with Gasteiger partial charge in [0.15, 0.2) is 0 Å². The van der Waals surface area contributed by atoms with Gasteiger partial charge in [0.1, 0.15) is 11.6 Å². The molecule has 8 heteroatoms. The van der Waals surface area contributed by atoms with Gasteiger partial charge in [-0.2, -0.15) is 0 Å². The highest BCUT2D eigenvalue weighted by Gasteiger charge is 2.27. The molecule has 3 aromatic rings. The predicted molar refractivity (Wildman–Crippen MR) is 101 cm³/mol.